The number of hydrazine groups is 1. The smallest absolute Gasteiger partial charge is 0.0390 e. The summed E-state index contributed by atoms with van der Waals surface area (Å²) in [6.45, 7) is 6.24. The van der Waals surface area contributed by atoms with Gasteiger partial charge in [0.15, 0.2) is 0 Å². The molecule has 0 saturated heterocycles. The molecule has 0 aromatic carbocycles. The van der Waals surface area contributed by atoms with Crippen molar-refractivity contribution in [1.82, 2.24) is 5.43 Å². The summed E-state index contributed by atoms with van der Waals surface area (Å²) < 4.78 is 0. The predicted octanol–water partition coefficient (Wildman–Crippen LogP) is 1.19. The van der Waals surface area contributed by atoms with Gasteiger partial charge in [-0.05, 0) is 20.3 Å². The van der Waals surface area contributed by atoms with Gasteiger partial charge in [-0.2, -0.15) is 0 Å². The molecule has 54 valence electrons. The lowest BCUT2D eigenvalue weighted by Crippen LogP contribution is -2.32. The zero-order valence-corrected chi connectivity index (χ0v) is 6.44. The highest BCUT2D eigenvalue weighted by atomic mass is 15.2. The van der Waals surface area contributed by atoms with E-state index in [-0.39, 0.29) is 0 Å². The van der Waals surface area contributed by atoms with Crippen LogP contribution in [0.5, 0.6) is 0 Å². The van der Waals surface area contributed by atoms with Gasteiger partial charge in [-0.1, -0.05) is 18.6 Å². The first-order valence-electron chi connectivity index (χ1n) is 3.31. The molecule has 0 saturated carbocycles. The van der Waals surface area contributed by atoms with E-state index < -0.39 is 0 Å². The highest BCUT2D eigenvalue weighted by Gasteiger charge is 1.95. The van der Waals surface area contributed by atoms with Gasteiger partial charge in [0.1, 0.15) is 0 Å². The van der Waals surface area contributed by atoms with E-state index in [4.69, 9.17) is 5.84 Å². The quantitative estimate of drug-likeness (QED) is 0.340. The van der Waals surface area contributed by atoms with Crippen molar-refractivity contribution in [3.8, 4) is 0 Å². The highest BCUT2D eigenvalue weighted by molar-refractivity contribution is 4.99. The van der Waals surface area contributed by atoms with Crippen molar-refractivity contribution in [1.29, 1.82) is 0 Å². The number of nitrogens with two attached hydrogens (primary N) is 1. The number of nitrogens with one attached hydrogen (secondary N) is 1. The molecule has 0 bridgehead atoms. The van der Waals surface area contributed by atoms with E-state index >= 15 is 0 Å². The molecule has 1 atom stereocenters. The molecule has 0 aromatic rings. The average molecular weight is 128 g/mol. The van der Waals surface area contributed by atoms with E-state index in [0.29, 0.717) is 6.04 Å². The number of allylic oxidation sites excluding steroid dienone is 1. The van der Waals surface area contributed by atoms with Gasteiger partial charge in [-0.3, -0.25) is 11.3 Å². The fraction of sp³-hybridized carbons (Fsp3) is 0.714. The summed E-state index contributed by atoms with van der Waals surface area (Å²) in [7, 11) is 0. The maximum absolute atomic E-state index is 5.24. The van der Waals surface area contributed by atoms with Gasteiger partial charge in [-0.15, -0.1) is 0 Å². The molecule has 0 aromatic heterocycles. The Balaban J connectivity index is 3.68. The van der Waals surface area contributed by atoms with Crippen LogP contribution in [0.1, 0.15) is 27.2 Å². The van der Waals surface area contributed by atoms with Crippen molar-refractivity contribution in [2.24, 2.45) is 5.84 Å². The minimum atomic E-state index is 0.343. The molecule has 0 heterocycles. The Labute approximate surface area is 57.1 Å². The van der Waals surface area contributed by atoms with Crippen molar-refractivity contribution in [3.05, 3.63) is 11.6 Å². The molecular weight excluding hydrogens is 112 g/mol. The van der Waals surface area contributed by atoms with Gasteiger partial charge in [0, 0.05) is 6.04 Å². The van der Waals surface area contributed by atoms with Crippen molar-refractivity contribution in [2.75, 3.05) is 0 Å². The fourth-order valence-corrected chi connectivity index (χ4v) is 0.686. The number of hydrogen-bond acceptors (Lipinski definition) is 2. The summed E-state index contributed by atoms with van der Waals surface area (Å²) in [5.74, 6) is 5.24. The summed E-state index contributed by atoms with van der Waals surface area (Å²) in [5, 5.41) is 0. The van der Waals surface area contributed by atoms with Crippen LogP contribution in [0.3, 0.4) is 0 Å². The van der Waals surface area contributed by atoms with Crippen molar-refractivity contribution < 1.29 is 0 Å². The Morgan fingerprint density at radius 3 is 2.33 bits per heavy atom. The van der Waals surface area contributed by atoms with Crippen LogP contribution in [-0.4, -0.2) is 6.04 Å². The highest BCUT2D eigenvalue weighted by Crippen LogP contribution is 1.96. The standard InChI is InChI=1S/C7H16N2/c1-4-7(9-8)5-6(2)3/h5,7,9H,4,8H2,1-3H3. The molecular formula is C7H16N2. The SMILES string of the molecule is CCC(C=C(C)C)NN. The van der Waals surface area contributed by atoms with Gasteiger partial charge in [0.25, 0.3) is 0 Å². The Kier molecular flexibility index (Phi) is 4.36. The molecule has 0 fully saturated rings. The first kappa shape index (κ1) is 8.66. The summed E-state index contributed by atoms with van der Waals surface area (Å²) in [6, 6.07) is 0.343. The Morgan fingerprint density at radius 1 is 1.67 bits per heavy atom. The molecule has 0 spiro atoms. The average Bonchev–Trinajstić information content (AvgIpc) is 1.82. The molecule has 2 heteroatoms. The summed E-state index contributed by atoms with van der Waals surface area (Å²) in [5.41, 5.74) is 4.01. The fourth-order valence-electron chi connectivity index (χ4n) is 0.686. The molecule has 0 aliphatic heterocycles. The minimum absolute atomic E-state index is 0.343. The lowest BCUT2D eigenvalue weighted by atomic mass is 10.2. The van der Waals surface area contributed by atoms with Gasteiger partial charge in [0.2, 0.25) is 0 Å². The molecule has 0 rings (SSSR count). The summed E-state index contributed by atoms with van der Waals surface area (Å²) in [6.07, 6.45) is 3.17. The van der Waals surface area contributed by atoms with Gasteiger partial charge < -0.3 is 0 Å². The van der Waals surface area contributed by atoms with Crippen LogP contribution in [0.2, 0.25) is 0 Å². The second-order valence-corrected chi connectivity index (χ2v) is 2.43. The van der Waals surface area contributed by atoms with E-state index in [1.54, 1.807) is 0 Å². The van der Waals surface area contributed by atoms with Gasteiger partial charge >= 0.3 is 0 Å². The Bertz CT molecular complexity index is 89.1. The van der Waals surface area contributed by atoms with E-state index in [0.717, 1.165) is 6.42 Å². The maximum Gasteiger partial charge on any atom is 0.0390 e. The first-order chi connectivity index (χ1) is 4.20. The predicted molar refractivity (Wildman–Crippen MR) is 40.8 cm³/mol. The molecule has 1 unspecified atom stereocenters. The lowest BCUT2D eigenvalue weighted by Gasteiger charge is -2.07. The summed E-state index contributed by atoms with van der Waals surface area (Å²) in [4.78, 5) is 0. The molecule has 9 heavy (non-hydrogen) atoms. The topological polar surface area (TPSA) is 38.0 Å². The first-order valence-corrected chi connectivity index (χ1v) is 3.31. The second-order valence-electron chi connectivity index (χ2n) is 2.43. The van der Waals surface area contributed by atoms with E-state index in [1.807, 2.05) is 0 Å². The van der Waals surface area contributed by atoms with Crippen LogP contribution in [0.15, 0.2) is 11.6 Å². The van der Waals surface area contributed by atoms with Gasteiger partial charge in [0.05, 0.1) is 0 Å². The van der Waals surface area contributed by atoms with E-state index in [9.17, 15) is 0 Å². The molecule has 3 N–H and O–H groups in total. The normalized spacial score (nSPS) is 12.9. The van der Waals surface area contributed by atoms with Crippen molar-refractivity contribution in [2.45, 2.75) is 33.2 Å². The number of rotatable bonds is 3. The van der Waals surface area contributed by atoms with Crippen LogP contribution >= 0.6 is 0 Å². The molecule has 0 radical (unpaired) electrons. The van der Waals surface area contributed by atoms with Crippen LogP contribution < -0.4 is 11.3 Å². The third-order valence-corrected chi connectivity index (χ3v) is 1.19. The molecule has 2 nitrogen and oxygen atoms in total. The molecule has 0 amide bonds. The molecule has 0 aliphatic carbocycles. The maximum atomic E-state index is 5.24. The third-order valence-electron chi connectivity index (χ3n) is 1.19. The number of hydrogen-bond donors (Lipinski definition) is 2. The second kappa shape index (κ2) is 4.53. The van der Waals surface area contributed by atoms with Crippen LogP contribution in [0, 0.1) is 0 Å². The monoisotopic (exact) mass is 128 g/mol. The Hall–Kier alpha value is -0.340. The third kappa shape index (κ3) is 4.18. The lowest BCUT2D eigenvalue weighted by molar-refractivity contribution is 0.600. The van der Waals surface area contributed by atoms with E-state index in [1.165, 1.54) is 5.57 Å². The van der Waals surface area contributed by atoms with Crippen molar-refractivity contribution >= 4 is 0 Å². The zero-order chi connectivity index (χ0) is 7.28. The van der Waals surface area contributed by atoms with Gasteiger partial charge in [-0.25, -0.2) is 0 Å². The minimum Gasteiger partial charge on any atom is -0.271 e. The van der Waals surface area contributed by atoms with Crippen LogP contribution in [-0.2, 0) is 0 Å². The Morgan fingerprint density at radius 2 is 2.22 bits per heavy atom. The van der Waals surface area contributed by atoms with Crippen molar-refractivity contribution in [3.63, 3.8) is 0 Å². The van der Waals surface area contributed by atoms with E-state index in [2.05, 4.69) is 32.3 Å². The van der Waals surface area contributed by atoms with Crippen LogP contribution in [0.25, 0.3) is 0 Å². The van der Waals surface area contributed by atoms with Crippen LogP contribution in [0.4, 0.5) is 0 Å². The largest absolute Gasteiger partial charge is 0.271 e. The molecule has 0 aliphatic rings. The summed E-state index contributed by atoms with van der Waals surface area (Å²) >= 11 is 0. The zero-order valence-electron chi connectivity index (χ0n) is 6.44.